The molecular weight excluding hydrogens is 376 g/mol. The average Bonchev–Trinajstić information content (AvgIpc) is 3.14. The highest BCUT2D eigenvalue weighted by Crippen LogP contribution is 2.32. The van der Waals surface area contributed by atoms with Crippen LogP contribution in [0.1, 0.15) is 32.6 Å². The minimum absolute atomic E-state index is 0.132. The van der Waals surface area contributed by atoms with E-state index < -0.39 is 5.97 Å². The quantitative estimate of drug-likeness (QED) is 0.453. The molecule has 2 rings (SSSR count). The van der Waals surface area contributed by atoms with Crippen LogP contribution in [0, 0.1) is 13.8 Å². The number of amides is 1. The van der Waals surface area contributed by atoms with Crippen LogP contribution >= 0.6 is 34.9 Å². The van der Waals surface area contributed by atoms with Crippen molar-refractivity contribution in [3.8, 4) is 0 Å². The molecule has 1 amide bonds. The SMILES string of the molecule is CCOC(=O)c1c(NC(=S)NC(=O)/C=C/c2cccs2)sc(C)c1C. The van der Waals surface area contributed by atoms with Crippen LogP contribution in [-0.4, -0.2) is 23.6 Å². The summed E-state index contributed by atoms with van der Waals surface area (Å²) in [4.78, 5) is 26.0. The zero-order chi connectivity index (χ0) is 18.4. The summed E-state index contributed by atoms with van der Waals surface area (Å²) >= 11 is 8.10. The van der Waals surface area contributed by atoms with Gasteiger partial charge in [-0.05, 0) is 56.1 Å². The van der Waals surface area contributed by atoms with E-state index in [2.05, 4.69) is 10.6 Å². The molecule has 0 aromatic carbocycles. The molecule has 5 nitrogen and oxygen atoms in total. The predicted octanol–water partition coefficient (Wildman–Crippen LogP) is 4.13. The van der Waals surface area contributed by atoms with E-state index in [1.807, 2.05) is 31.4 Å². The van der Waals surface area contributed by atoms with Gasteiger partial charge in [0.1, 0.15) is 5.00 Å². The molecule has 0 atom stereocenters. The number of nitrogens with one attached hydrogen (secondary N) is 2. The van der Waals surface area contributed by atoms with Crippen LogP contribution in [0.15, 0.2) is 23.6 Å². The molecule has 0 aliphatic carbocycles. The molecule has 0 bridgehead atoms. The first kappa shape index (κ1) is 19.3. The normalized spacial score (nSPS) is 10.7. The first-order valence-corrected chi connectivity index (χ1v) is 9.63. The maximum Gasteiger partial charge on any atom is 0.341 e. The fourth-order valence-electron chi connectivity index (χ4n) is 2.00. The Morgan fingerprint density at radius 1 is 1.36 bits per heavy atom. The maximum atomic E-state index is 12.1. The molecule has 2 aromatic rings. The van der Waals surface area contributed by atoms with Crippen molar-refractivity contribution < 1.29 is 14.3 Å². The van der Waals surface area contributed by atoms with Crippen LogP contribution in [0.3, 0.4) is 0 Å². The number of hydrogen-bond donors (Lipinski definition) is 2. The standard InChI is InChI=1S/C17H18N2O3S3/c1-4-22-16(21)14-10(2)11(3)25-15(14)19-17(23)18-13(20)8-7-12-6-5-9-24-12/h5-9H,4H2,1-3H3,(H2,18,19,20,23)/b8-7+. The minimum Gasteiger partial charge on any atom is -0.462 e. The highest BCUT2D eigenvalue weighted by Gasteiger charge is 2.21. The number of aryl methyl sites for hydroxylation is 1. The van der Waals surface area contributed by atoms with Gasteiger partial charge in [-0.15, -0.1) is 22.7 Å². The molecule has 132 valence electrons. The van der Waals surface area contributed by atoms with E-state index in [-0.39, 0.29) is 11.0 Å². The Morgan fingerprint density at radius 3 is 2.76 bits per heavy atom. The molecular formula is C17H18N2O3S3. The van der Waals surface area contributed by atoms with E-state index in [1.54, 1.807) is 13.0 Å². The Labute approximate surface area is 159 Å². The van der Waals surface area contributed by atoms with Gasteiger partial charge in [0.05, 0.1) is 12.2 Å². The molecule has 0 unspecified atom stereocenters. The Balaban J connectivity index is 2.04. The topological polar surface area (TPSA) is 67.4 Å². The van der Waals surface area contributed by atoms with Gasteiger partial charge in [-0.25, -0.2) is 4.79 Å². The molecule has 0 fully saturated rings. The molecule has 0 saturated heterocycles. The zero-order valence-electron chi connectivity index (χ0n) is 14.0. The second-order valence-electron chi connectivity index (χ2n) is 5.00. The van der Waals surface area contributed by atoms with Crippen molar-refractivity contribution >= 4 is 63.0 Å². The molecule has 0 aliphatic heterocycles. The molecule has 2 aromatic heterocycles. The van der Waals surface area contributed by atoms with Crippen molar-refractivity contribution in [2.24, 2.45) is 0 Å². The number of anilines is 1. The summed E-state index contributed by atoms with van der Waals surface area (Å²) in [6.07, 6.45) is 3.13. The van der Waals surface area contributed by atoms with Gasteiger partial charge >= 0.3 is 5.97 Å². The van der Waals surface area contributed by atoms with Crippen LogP contribution in [0.25, 0.3) is 6.08 Å². The van der Waals surface area contributed by atoms with E-state index in [9.17, 15) is 9.59 Å². The number of esters is 1. The van der Waals surface area contributed by atoms with E-state index in [1.165, 1.54) is 28.7 Å². The Kier molecular flexibility index (Phi) is 6.86. The third-order valence-corrected chi connectivity index (χ3v) is 5.44. The number of rotatable bonds is 5. The second-order valence-corrected chi connectivity index (χ2v) is 7.61. The summed E-state index contributed by atoms with van der Waals surface area (Å²) in [5, 5.41) is 8.13. The summed E-state index contributed by atoms with van der Waals surface area (Å²) in [7, 11) is 0. The summed E-state index contributed by atoms with van der Waals surface area (Å²) in [5.41, 5.74) is 1.30. The third-order valence-electron chi connectivity index (χ3n) is 3.27. The van der Waals surface area contributed by atoms with Crippen LogP contribution in [0.5, 0.6) is 0 Å². The van der Waals surface area contributed by atoms with E-state index in [0.717, 1.165) is 15.3 Å². The van der Waals surface area contributed by atoms with Gasteiger partial charge in [0.2, 0.25) is 5.91 Å². The lowest BCUT2D eigenvalue weighted by Gasteiger charge is -2.09. The van der Waals surface area contributed by atoms with Crippen molar-refractivity contribution in [2.45, 2.75) is 20.8 Å². The molecule has 2 N–H and O–H groups in total. The first-order chi connectivity index (χ1) is 11.9. The van der Waals surface area contributed by atoms with Crippen LogP contribution in [-0.2, 0) is 9.53 Å². The van der Waals surface area contributed by atoms with Gasteiger partial charge in [-0.2, -0.15) is 0 Å². The lowest BCUT2D eigenvalue weighted by Crippen LogP contribution is -2.33. The minimum atomic E-state index is -0.404. The summed E-state index contributed by atoms with van der Waals surface area (Å²) in [6.45, 7) is 5.82. The molecule has 0 spiro atoms. The van der Waals surface area contributed by atoms with Crippen LogP contribution in [0.4, 0.5) is 5.00 Å². The highest BCUT2D eigenvalue weighted by atomic mass is 32.1. The zero-order valence-corrected chi connectivity index (χ0v) is 16.5. The Hall–Kier alpha value is -2.03. The average molecular weight is 395 g/mol. The number of hydrogen-bond acceptors (Lipinski definition) is 6. The molecule has 8 heteroatoms. The van der Waals surface area contributed by atoms with Gasteiger partial charge < -0.3 is 10.1 Å². The largest absolute Gasteiger partial charge is 0.462 e. The van der Waals surface area contributed by atoms with Gasteiger partial charge in [0, 0.05) is 15.8 Å². The van der Waals surface area contributed by atoms with Gasteiger partial charge in [0.15, 0.2) is 5.11 Å². The number of thiocarbonyl (C=S) groups is 1. The smallest absolute Gasteiger partial charge is 0.341 e. The first-order valence-electron chi connectivity index (χ1n) is 7.53. The van der Waals surface area contributed by atoms with Gasteiger partial charge in [0.25, 0.3) is 0 Å². The fraction of sp³-hybridized carbons (Fsp3) is 0.235. The van der Waals surface area contributed by atoms with Crippen molar-refractivity contribution in [3.63, 3.8) is 0 Å². The summed E-state index contributed by atoms with van der Waals surface area (Å²) in [6, 6.07) is 3.82. The predicted molar refractivity (Wildman–Crippen MR) is 107 cm³/mol. The number of ether oxygens (including phenoxy) is 1. The molecule has 0 radical (unpaired) electrons. The van der Waals surface area contributed by atoms with E-state index in [0.29, 0.717) is 17.2 Å². The molecule has 0 saturated carbocycles. The summed E-state index contributed by atoms with van der Waals surface area (Å²) < 4.78 is 5.09. The van der Waals surface area contributed by atoms with E-state index in [4.69, 9.17) is 17.0 Å². The van der Waals surface area contributed by atoms with Crippen LogP contribution in [0.2, 0.25) is 0 Å². The summed E-state index contributed by atoms with van der Waals surface area (Å²) in [5.74, 6) is -0.743. The van der Waals surface area contributed by atoms with Crippen molar-refractivity contribution in [2.75, 3.05) is 11.9 Å². The second kappa shape index (κ2) is 8.89. The van der Waals surface area contributed by atoms with Crippen molar-refractivity contribution in [1.82, 2.24) is 5.32 Å². The van der Waals surface area contributed by atoms with E-state index >= 15 is 0 Å². The number of carbonyl (C=O) groups excluding carboxylic acids is 2. The monoisotopic (exact) mass is 394 g/mol. The Bertz CT molecular complexity index is 807. The van der Waals surface area contributed by atoms with Crippen molar-refractivity contribution in [1.29, 1.82) is 0 Å². The number of carbonyl (C=O) groups is 2. The third kappa shape index (κ3) is 5.22. The van der Waals surface area contributed by atoms with Crippen LogP contribution < -0.4 is 10.6 Å². The van der Waals surface area contributed by atoms with Crippen molar-refractivity contribution in [3.05, 3.63) is 44.5 Å². The lowest BCUT2D eigenvalue weighted by atomic mass is 10.1. The fourth-order valence-corrected chi connectivity index (χ4v) is 3.93. The highest BCUT2D eigenvalue weighted by molar-refractivity contribution is 7.80. The molecule has 2 heterocycles. The maximum absolute atomic E-state index is 12.1. The number of thiophene rings is 2. The lowest BCUT2D eigenvalue weighted by molar-refractivity contribution is -0.115. The Morgan fingerprint density at radius 2 is 2.12 bits per heavy atom. The molecule has 0 aliphatic rings. The molecule has 25 heavy (non-hydrogen) atoms. The van der Waals surface area contributed by atoms with Gasteiger partial charge in [-0.1, -0.05) is 6.07 Å². The van der Waals surface area contributed by atoms with Gasteiger partial charge in [-0.3, -0.25) is 10.1 Å².